The number of aliphatic hydroxyl groups is 1. The molecule has 3 aliphatic heterocycles. The number of ketones is 1. The number of hydrogen-bond acceptors (Lipinski definition) is 6. The molecule has 6 rings (SSSR count). The van der Waals surface area contributed by atoms with E-state index in [0.717, 1.165) is 0 Å². The lowest BCUT2D eigenvalue weighted by atomic mass is 9.42. The summed E-state index contributed by atoms with van der Waals surface area (Å²) in [5.74, 6) is 0.855. The van der Waals surface area contributed by atoms with Gasteiger partial charge in [-0.25, -0.2) is 0 Å². The largest absolute Gasteiger partial charge is 0.462 e. The Hall–Kier alpha value is -1.84. The third kappa shape index (κ3) is 1.85. The Morgan fingerprint density at radius 1 is 1.41 bits per heavy atom. The predicted octanol–water partition coefficient (Wildman–Crippen LogP) is 1.56. The molecule has 0 aromatic heterocycles. The van der Waals surface area contributed by atoms with Crippen molar-refractivity contribution in [3.8, 4) is 12.0 Å². The van der Waals surface area contributed by atoms with Gasteiger partial charge in [0.1, 0.15) is 12.2 Å². The van der Waals surface area contributed by atoms with Crippen LogP contribution in [0.1, 0.15) is 40.0 Å². The molecule has 3 heterocycles. The molecule has 1 N–H and O–H groups in total. The van der Waals surface area contributed by atoms with Crippen LogP contribution in [0.4, 0.5) is 0 Å². The van der Waals surface area contributed by atoms with Crippen molar-refractivity contribution in [2.24, 2.45) is 29.1 Å². The highest BCUT2D eigenvalue weighted by Crippen LogP contribution is 2.73. The third-order valence-corrected chi connectivity index (χ3v) is 7.83. The van der Waals surface area contributed by atoms with Gasteiger partial charge in [-0.2, -0.15) is 0 Å². The van der Waals surface area contributed by atoms with E-state index in [0.29, 0.717) is 25.0 Å². The molecule has 2 saturated carbocycles. The Labute approximate surface area is 158 Å². The van der Waals surface area contributed by atoms with Crippen LogP contribution in [0.3, 0.4) is 0 Å². The fourth-order valence-corrected chi connectivity index (χ4v) is 6.85. The maximum atomic E-state index is 12.9. The molecule has 5 fully saturated rings. The topological polar surface area (TPSA) is 82.1 Å². The molecular weight excluding hydrogens is 348 g/mol. The summed E-state index contributed by atoms with van der Waals surface area (Å²) in [6.45, 7) is 6.18. The van der Waals surface area contributed by atoms with Gasteiger partial charge in [0.15, 0.2) is 17.2 Å². The second-order valence-electron chi connectivity index (χ2n) is 8.82. The highest BCUT2D eigenvalue weighted by Gasteiger charge is 2.79. The number of esters is 1. The van der Waals surface area contributed by atoms with Crippen molar-refractivity contribution in [2.75, 3.05) is 6.61 Å². The number of ether oxygens (including phenoxy) is 3. The second kappa shape index (κ2) is 5.15. The third-order valence-electron chi connectivity index (χ3n) is 7.83. The van der Waals surface area contributed by atoms with E-state index in [1.807, 2.05) is 20.8 Å². The van der Waals surface area contributed by atoms with Gasteiger partial charge in [0, 0.05) is 29.6 Å². The number of allylic oxidation sites excluding steroid dienone is 1. The van der Waals surface area contributed by atoms with Crippen LogP contribution in [-0.4, -0.2) is 41.0 Å². The summed E-state index contributed by atoms with van der Waals surface area (Å²) in [7, 11) is 0. The van der Waals surface area contributed by atoms with Crippen LogP contribution < -0.4 is 0 Å². The minimum absolute atomic E-state index is 0.0118. The Morgan fingerprint density at radius 3 is 2.93 bits per heavy atom. The maximum Gasteiger partial charge on any atom is 0.306 e. The summed E-state index contributed by atoms with van der Waals surface area (Å²) in [4.78, 5) is 24.9. The van der Waals surface area contributed by atoms with Crippen LogP contribution in [0.15, 0.2) is 11.6 Å². The molecule has 8 atom stereocenters. The van der Waals surface area contributed by atoms with Gasteiger partial charge < -0.3 is 19.3 Å². The SMILES string of the molecule is CCOC#C[C@]12O[C@]3(O)C[C@H](C(=O)C=C1C)[C@@]2(C)[C@@H]1[C@H]2CC(=O)O[C@H]2C[C@@H]13. The average Bonchev–Trinajstić information content (AvgIpc) is 3.12. The molecule has 6 heteroatoms. The van der Waals surface area contributed by atoms with Gasteiger partial charge in [-0.15, -0.1) is 0 Å². The van der Waals surface area contributed by atoms with Crippen LogP contribution in [-0.2, 0) is 23.8 Å². The van der Waals surface area contributed by atoms with Crippen molar-refractivity contribution in [1.29, 1.82) is 0 Å². The Morgan fingerprint density at radius 2 is 2.19 bits per heavy atom. The van der Waals surface area contributed by atoms with Crippen LogP contribution >= 0.6 is 0 Å². The van der Waals surface area contributed by atoms with Crippen molar-refractivity contribution in [3.05, 3.63) is 11.6 Å². The zero-order valence-electron chi connectivity index (χ0n) is 15.8. The van der Waals surface area contributed by atoms with Gasteiger partial charge in [-0.3, -0.25) is 9.59 Å². The highest BCUT2D eigenvalue weighted by atomic mass is 16.6. The van der Waals surface area contributed by atoms with Gasteiger partial charge in [0.2, 0.25) is 0 Å². The molecular formula is C21H24O6. The summed E-state index contributed by atoms with van der Waals surface area (Å²) in [5, 5.41) is 11.5. The van der Waals surface area contributed by atoms with Crippen LogP contribution in [0.5, 0.6) is 0 Å². The fourth-order valence-electron chi connectivity index (χ4n) is 6.85. The van der Waals surface area contributed by atoms with E-state index in [1.165, 1.54) is 0 Å². The molecule has 0 spiro atoms. The first-order chi connectivity index (χ1) is 12.8. The quantitative estimate of drug-likeness (QED) is 0.556. The molecule has 0 amide bonds. The average molecular weight is 372 g/mol. The van der Waals surface area contributed by atoms with Crippen LogP contribution in [0.25, 0.3) is 0 Å². The molecule has 3 saturated heterocycles. The lowest BCUT2D eigenvalue weighted by molar-refractivity contribution is -0.392. The molecule has 0 radical (unpaired) electrons. The van der Waals surface area contributed by atoms with Crippen molar-refractivity contribution < 1.29 is 28.9 Å². The van der Waals surface area contributed by atoms with E-state index < -0.39 is 22.7 Å². The molecule has 3 aliphatic carbocycles. The number of rotatable bonds is 1. The summed E-state index contributed by atoms with van der Waals surface area (Å²) >= 11 is 0. The van der Waals surface area contributed by atoms with E-state index in [9.17, 15) is 14.7 Å². The zero-order chi connectivity index (χ0) is 19.2. The van der Waals surface area contributed by atoms with Crippen molar-refractivity contribution in [2.45, 2.75) is 57.5 Å². The van der Waals surface area contributed by atoms with Crippen molar-refractivity contribution in [1.82, 2.24) is 0 Å². The van der Waals surface area contributed by atoms with E-state index in [2.05, 4.69) is 12.0 Å². The predicted molar refractivity (Wildman–Crippen MR) is 92.7 cm³/mol. The molecule has 0 aromatic carbocycles. The molecule has 6 aliphatic rings. The molecule has 4 bridgehead atoms. The van der Waals surface area contributed by atoms with Crippen LogP contribution in [0, 0.1) is 41.1 Å². The minimum atomic E-state index is -1.45. The molecule has 0 aromatic rings. The van der Waals surface area contributed by atoms with Crippen LogP contribution in [0.2, 0.25) is 0 Å². The summed E-state index contributed by atoms with van der Waals surface area (Å²) < 4.78 is 17.2. The van der Waals surface area contributed by atoms with Crippen molar-refractivity contribution in [3.63, 3.8) is 0 Å². The number of carbonyl (C=O) groups excluding carboxylic acids is 2. The van der Waals surface area contributed by atoms with Gasteiger partial charge >= 0.3 is 5.97 Å². The smallest absolute Gasteiger partial charge is 0.306 e. The van der Waals surface area contributed by atoms with Gasteiger partial charge in [-0.1, -0.05) is 6.92 Å². The lowest BCUT2D eigenvalue weighted by Crippen LogP contribution is -2.76. The first-order valence-corrected chi connectivity index (χ1v) is 9.75. The summed E-state index contributed by atoms with van der Waals surface area (Å²) in [6, 6.07) is 0. The zero-order valence-corrected chi connectivity index (χ0v) is 15.8. The maximum absolute atomic E-state index is 12.9. The van der Waals surface area contributed by atoms with Crippen molar-refractivity contribution >= 4 is 11.8 Å². The normalized spacial score (nSPS) is 51.7. The Bertz CT molecular complexity index is 835. The molecule has 0 unspecified atom stereocenters. The van der Waals surface area contributed by atoms with E-state index in [-0.39, 0.29) is 42.0 Å². The first kappa shape index (κ1) is 17.3. The lowest BCUT2D eigenvalue weighted by Gasteiger charge is -2.69. The highest BCUT2D eigenvalue weighted by molar-refractivity contribution is 5.96. The summed E-state index contributed by atoms with van der Waals surface area (Å²) in [5.41, 5.74) is -1.05. The number of fused-ring (bicyclic) bond motifs is 1. The minimum Gasteiger partial charge on any atom is -0.462 e. The monoisotopic (exact) mass is 372 g/mol. The van der Waals surface area contributed by atoms with E-state index >= 15 is 0 Å². The molecule has 27 heavy (non-hydrogen) atoms. The van der Waals surface area contributed by atoms with E-state index in [1.54, 1.807) is 6.08 Å². The standard InChI is InChI=1S/C21H24O6/c1-4-25-6-5-20-11(2)7-15(22)14-10-21(24,27-20)13-9-16-12(8-17(23)26-16)18(13)19(14,20)3/h7,12-14,16,18,24H,4,8-10H2,1-3H3/t12-,13-,14+,16-,18+,19-,20-,21+/m0/s1. The van der Waals surface area contributed by atoms with Gasteiger partial charge in [-0.05, 0) is 43.8 Å². The first-order valence-electron chi connectivity index (χ1n) is 9.75. The summed E-state index contributed by atoms with van der Waals surface area (Å²) in [6.07, 6.45) is 5.30. The molecule has 6 nitrogen and oxygen atoms in total. The Balaban J connectivity index is 1.72. The Kier molecular flexibility index (Phi) is 3.29. The number of carbonyl (C=O) groups is 2. The van der Waals surface area contributed by atoms with Gasteiger partial charge in [0.25, 0.3) is 0 Å². The van der Waals surface area contributed by atoms with Gasteiger partial charge in [0.05, 0.1) is 13.0 Å². The fraction of sp³-hybridized carbons (Fsp3) is 0.714. The molecule has 144 valence electrons. The van der Waals surface area contributed by atoms with E-state index in [4.69, 9.17) is 14.2 Å². The number of hydrogen-bond donors (Lipinski definition) is 1. The second-order valence-corrected chi connectivity index (χ2v) is 8.82.